The van der Waals surface area contributed by atoms with E-state index in [2.05, 4.69) is 10.6 Å². The van der Waals surface area contributed by atoms with Gasteiger partial charge in [0.25, 0.3) is 5.91 Å². The summed E-state index contributed by atoms with van der Waals surface area (Å²) in [6.07, 6.45) is 3.05. The number of halogens is 5. The van der Waals surface area contributed by atoms with Crippen LogP contribution in [0.15, 0.2) is 66.7 Å². The molecule has 2 N–H and O–H groups in total. The maximum absolute atomic E-state index is 13.6. The first-order valence-corrected chi connectivity index (χ1v) is 14.2. The lowest BCUT2D eigenvalue weighted by Crippen LogP contribution is -2.31. The van der Waals surface area contributed by atoms with Gasteiger partial charge in [-0.05, 0) is 85.7 Å². The fourth-order valence-corrected chi connectivity index (χ4v) is 5.72. The highest BCUT2D eigenvalue weighted by Gasteiger charge is 2.67. The largest absolute Gasteiger partial charge is 0.434 e. The van der Waals surface area contributed by atoms with Crippen molar-refractivity contribution in [1.82, 2.24) is 0 Å². The molecule has 3 aromatic carbocycles. The number of amides is 3. The van der Waals surface area contributed by atoms with Crippen LogP contribution in [0.4, 0.5) is 26.2 Å². The van der Waals surface area contributed by atoms with Gasteiger partial charge in [-0.1, -0.05) is 29.3 Å². The van der Waals surface area contributed by atoms with Gasteiger partial charge < -0.3 is 15.4 Å². The van der Waals surface area contributed by atoms with Gasteiger partial charge in [0, 0.05) is 30.0 Å². The number of carbonyl (C=O) groups is 3. The van der Waals surface area contributed by atoms with Gasteiger partial charge in [0.15, 0.2) is 0 Å². The number of carbonyl (C=O) groups excluding carboxylic acids is 3. The van der Waals surface area contributed by atoms with Crippen molar-refractivity contribution in [3.63, 3.8) is 0 Å². The number of rotatable bonds is 7. The first kappa shape index (κ1) is 30.2. The lowest BCUT2D eigenvalue weighted by Gasteiger charge is -2.21. The van der Waals surface area contributed by atoms with Crippen molar-refractivity contribution >= 4 is 81.4 Å². The number of benzene rings is 3. The van der Waals surface area contributed by atoms with Gasteiger partial charge in [-0.25, -0.2) is 9.18 Å². The second-order valence-electron chi connectivity index (χ2n) is 10.4. The number of anilines is 3. The zero-order valence-corrected chi connectivity index (χ0v) is 25.5. The third kappa shape index (κ3) is 6.08. The molecule has 218 valence electrons. The van der Waals surface area contributed by atoms with Crippen LogP contribution in [-0.4, -0.2) is 34.9 Å². The minimum atomic E-state index is -1.42. The van der Waals surface area contributed by atoms with Crippen LogP contribution in [-0.2, 0) is 9.53 Å². The molecule has 0 aromatic heterocycles. The molecule has 0 bridgehead atoms. The molecular formula is C30H24Cl4FN3O4. The minimum Gasteiger partial charge on any atom is -0.434 e. The molecule has 2 unspecified atom stereocenters. The lowest BCUT2D eigenvalue weighted by atomic mass is 10.1. The second kappa shape index (κ2) is 11.1. The molecule has 0 saturated heterocycles. The maximum atomic E-state index is 13.6. The molecule has 1 fully saturated rings. The van der Waals surface area contributed by atoms with Crippen LogP contribution in [0.2, 0.25) is 10.0 Å². The van der Waals surface area contributed by atoms with Crippen molar-refractivity contribution in [2.45, 2.75) is 29.7 Å². The Hall–Kier alpha value is -3.30. The quantitative estimate of drug-likeness (QED) is 0.200. The second-order valence-corrected chi connectivity index (χ2v) is 12.6. The van der Waals surface area contributed by atoms with E-state index in [0.717, 1.165) is 0 Å². The van der Waals surface area contributed by atoms with Gasteiger partial charge in [0.05, 0.1) is 21.5 Å². The summed E-state index contributed by atoms with van der Waals surface area (Å²) in [6.45, 7) is 3.56. The zero-order valence-electron chi connectivity index (χ0n) is 22.5. The minimum absolute atomic E-state index is 0.101. The van der Waals surface area contributed by atoms with Gasteiger partial charge >= 0.3 is 6.09 Å². The van der Waals surface area contributed by atoms with Crippen molar-refractivity contribution in [1.29, 1.82) is 0 Å². The predicted octanol–water partition coefficient (Wildman–Crippen LogP) is 8.12. The van der Waals surface area contributed by atoms with Crippen LogP contribution < -0.4 is 15.5 Å². The van der Waals surface area contributed by atoms with Gasteiger partial charge in [-0.2, -0.15) is 0 Å². The molecule has 0 radical (unpaired) electrons. The Bertz CT molecular complexity index is 1660. The summed E-state index contributed by atoms with van der Waals surface area (Å²) >= 11 is 25.0. The Balaban J connectivity index is 1.26. The van der Waals surface area contributed by atoms with E-state index in [1.54, 1.807) is 57.3 Å². The highest BCUT2D eigenvalue weighted by atomic mass is 35.5. The molecule has 7 nitrogen and oxygen atoms in total. The SMILES string of the molecule is Cc1cc(N(C)C(=O)OC2(C)C=C2)ccc1NC(=O)c1cc(NC(=O)C2C(c3ccc(F)c(Cl)c3)C2(Cl)Cl)ccc1Cl. The summed E-state index contributed by atoms with van der Waals surface area (Å²) in [7, 11) is 1.60. The van der Waals surface area contributed by atoms with E-state index in [4.69, 9.17) is 51.1 Å². The van der Waals surface area contributed by atoms with Crippen LogP contribution >= 0.6 is 46.4 Å². The number of aryl methyl sites for hydroxylation is 1. The Labute approximate surface area is 261 Å². The zero-order chi connectivity index (χ0) is 30.6. The summed E-state index contributed by atoms with van der Waals surface area (Å²) in [6, 6.07) is 13.6. The van der Waals surface area contributed by atoms with E-state index in [-0.39, 0.29) is 15.6 Å². The van der Waals surface area contributed by atoms with Crippen molar-refractivity contribution in [2.75, 3.05) is 22.6 Å². The Kier molecular flexibility index (Phi) is 7.96. The monoisotopic (exact) mass is 649 g/mol. The Morgan fingerprint density at radius 1 is 0.952 bits per heavy atom. The molecule has 42 heavy (non-hydrogen) atoms. The molecule has 2 aliphatic rings. The van der Waals surface area contributed by atoms with Crippen molar-refractivity contribution in [3.05, 3.63) is 99.3 Å². The van der Waals surface area contributed by atoms with Crippen molar-refractivity contribution in [2.24, 2.45) is 5.92 Å². The van der Waals surface area contributed by atoms with Crippen LogP contribution in [0.1, 0.15) is 34.3 Å². The van der Waals surface area contributed by atoms with E-state index in [1.165, 1.54) is 35.2 Å². The molecule has 1 saturated carbocycles. The molecule has 12 heteroatoms. The van der Waals surface area contributed by atoms with Gasteiger partial charge in [0.2, 0.25) is 5.91 Å². The van der Waals surface area contributed by atoms with Crippen molar-refractivity contribution in [3.8, 4) is 0 Å². The highest BCUT2D eigenvalue weighted by molar-refractivity contribution is 6.53. The summed E-state index contributed by atoms with van der Waals surface area (Å²) in [5, 5.41) is 5.60. The number of alkyl halides is 2. The number of hydrogen-bond donors (Lipinski definition) is 2. The number of nitrogens with one attached hydrogen (secondary N) is 2. The topological polar surface area (TPSA) is 87.7 Å². The van der Waals surface area contributed by atoms with Crippen LogP contribution in [0.3, 0.4) is 0 Å². The standard InChI is InChI=1S/C30H24Cl4FN3O4/c1-15-12-18(38(3)28(41)42-29(2)10-11-29)6-9-23(15)37-26(39)19-14-17(5-7-20(19)31)36-27(40)25-24(30(25,33)34)16-4-8-22(35)21(32)13-16/h4-14,24-25H,1-3H3,(H,36,40)(H,37,39). The summed E-state index contributed by atoms with van der Waals surface area (Å²) < 4.78 is 17.6. The average molecular weight is 651 g/mol. The van der Waals surface area contributed by atoms with Crippen LogP contribution in [0.5, 0.6) is 0 Å². The van der Waals surface area contributed by atoms with E-state index >= 15 is 0 Å². The van der Waals surface area contributed by atoms with Gasteiger partial charge in [-0.3, -0.25) is 14.5 Å². The summed E-state index contributed by atoms with van der Waals surface area (Å²) in [4.78, 5) is 40.0. The first-order chi connectivity index (χ1) is 19.7. The number of ether oxygens (including phenoxy) is 1. The molecule has 0 aliphatic heterocycles. The number of nitrogens with zero attached hydrogens (tertiary/aromatic N) is 1. The Morgan fingerprint density at radius 3 is 2.31 bits per heavy atom. The smallest absolute Gasteiger partial charge is 0.415 e. The fourth-order valence-electron chi connectivity index (χ4n) is 4.50. The molecule has 5 rings (SSSR count). The molecule has 2 atom stereocenters. The lowest BCUT2D eigenvalue weighted by molar-refractivity contribution is -0.117. The molecule has 0 heterocycles. The first-order valence-electron chi connectivity index (χ1n) is 12.7. The summed E-state index contributed by atoms with van der Waals surface area (Å²) in [5.74, 6) is -3.03. The molecule has 3 aromatic rings. The van der Waals surface area contributed by atoms with Crippen LogP contribution in [0, 0.1) is 18.7 Å². The summed E-state index contributed by atoms with van der Waals surface area (Å²) in [5.41, 5.74) is 2.07. The molecule has 0 spiro atoms. The average Bonchev–Trinajstić information content (AvgIpc) is 3.80. The number of hydrogen-bond acceptors (Lipinski definition) is 4. The third-order valence-electron chi connectivity index (χ3n) is 7.18. The van der Waals surface area contributed by atoms with Gasteiger partial charge in [0.1, 0.15) is 15.8 Å². The van der Waals surface area contributed by atoms with E-state index < -0.39 is 45.5 Å². The predicted molar refractivity (Wildman–Crippen MR) is 164 cm³/mol. The van der Waals surface area contributed by atoms with E-state index in [0.29, 0.717) is 28.2 Å². The fraction of sp³-hybridized carbons (Fsp3) is 0.233. The molecule has 2 aliphatic carbocycles. The van der Waals surface area contributed by atoms with Crippen molar-refractivity contribution < 1.29 is 23.5 Å². The third-order valence-corrected chi connectivity index (χ3v) is 8.74. The highest BCUT2D eigenvalue weighted by Crippen LogP contribution is 2.65. The van der Waals surface area contributed by atoms with Crippen LogP contribution in [0.25, 0.3) is 0 Å². The Morgan fingerprint density at radius 2 is 1.67 bits per heavy atom. The van der Waals surface area contributed by atoms with E-state index in [9.17, 15) is 18.8 Å². The maximum Gasteiger partial charge on any atom is 0.415 e. The molecular weight excluding hydrogens is 627 g/mol. The van der Waals surface area contributed by atoms with E-state index in [1.807, 2.05) is 0 Å². The van der Waals surface area contributed by atoms with Gasteiger partial charge in [-0.15, -0.1) is 23.2 Å². The molecule has 3 amide bonds. The normalized spacial score (nSPS) is 19.0.